The number of nitrogens with zero attached hydrogens (tertiary/aromatic N) is 1. The number of hydrogen-bond acceptors (Lipinski definition) is 4. The number of methoxy groups -OCH3 is 2. The lowest BCUT2D eigenvalue weighted by atomic mass is 9.85. The lowest BCUT2D eigenvalue weighted by Gasteiger charge is -2.35. The molecule has 190 valence electrons. The fourth-order valence-corrected chi connectivity index (χ4v) is 4.95. The van der Waals surface area contributed by atoms with Gasteiger partial charge in [0.25, 0.3) is 0 Å². The quantitative estimate of drug-likeness (QED) is 0.425. The third-order valence-electron chi connectivity index (χ3n) is 6.71. The van der Waals surface area contributed by atoms with Crippen LogP contribution in [0.4, 0.5) is 0 Å². The van der Waals surface area contributed by atoms with Gasteiger partial charge in [0.1, 0.15) is 11.9 Å². The van der Waals surface area contributed by atoms with Gasteiger partial charge in [0.2, 0.25) is 11.8 Å². The molecule has 1 fully saturated rings. The Balaban J connectivity index is 1.89. The number of hydrogen-bond donors (Lipinski definition) is 1. The molecular formula is C27H34Cl2N2O4. The summed E-state index contributed by atoms with van der Waals surface area (Å²) in [4.78, 5) is 28.3. The Bertz CT molecular complexity index is 999. The van der Waals surface area contributed by atoms with E-state index in [9.17, 15) is 9.59 Å². The molecule has 0 unspecified atom stereocenters. The molecule has 35 heavy (non-hydrogen) atoms. The van der Waals surface area contributed by atoms with Gasteiger partial charge in [-0.05, 0) is 60.6 Å². The number of alkyl halides is 1. The average molecular weight is 521 g/mol. The summed E-state index contributed by atoms with van der Waals surface area (Å²) in [7, 11) is 3.17. The van der Waals surface area contributed by atoms with E-state index in [-0.39, 0.29) is 23.7 Å². The second-order valence-corrected chi connectivity index (χ2v) is 9.69. The van der Waals surface area contributed by atoms with Crippen molar-refractivity contribution in [3.63, 3.8) is 0 Å². The maximum Gasteiger partial charge on any atom is 0.247 e. The zero-order chi connectivity index (χ0) is 25.4. The minimum Gasteiger partial charge on any atom is -0.493 e. The van der Waals surface area contributed by atoms with E-state index in [1.807, 2.05) is 18.2 Å². The number of amides is 2. The first kappa shape index (κ1) is 27.2. The van der Waals surface area contributed by atoms with Crippen LogP contribution in [-0.2, 0) is 16.0 Å². The van der Waals surface area contributed by atoms with Crippen LogP contribution in [0.3, 0.4) is 0 Å². The third kappa shape index (κ3) is 7.05. The van der Waals surface area contributed by atoms with Crippen molar-refractivity contribution in [1.29, 1.82) is 0 Å². The van der Waals surface area contributed by atoms with E-state index in [0.29, 0.717) is 41.0 Å². The zero-order valence-corrected chi connectivity index (χ0v) is 22.1. The van der Waals surface area contributed by atoms with Crippen molar-refractivity contribution >= 4 is 35.0 Å². The van der Waals surface area contributed by atoms with Crippen LogP contribution >= 0.6 is 23.2 Å². The van der Waals surface area contributed by atoms with Crippen LogP contribution in [-0.4, -0.2) is 49.4 Å². The summed E-state index contributed by atoms with van der Waals surface area (Å²) >= 11 is 12.1. The molecule has 2 aromatic rings. The highest BCUT2D eigenvalue weighted by Crippen LogP contribution is 2.30. The second kappa shape index (κ2) is 13.0. The van der Waals surface area contributed by atoms with E-state index in [1.165, 1.54) is 6.42 Å². The van der Waals surface area contributed by atoms with Crippen molar-refractivity contribution in [2.24, 2.45) is 5.92 Å². The predicted molar refractivity (Wildman–Crippen MR) is 139 cm³/mol. The molecule has 1 saturated carbocycles. The molecule has 0 aliphatic heterocycles. The molecule has 0 heterocycles. The summed E-state index contributed by atoms with van der Waals surface area (Å²) in [5.74, 6) is 0.908. The van der Waals surface area contributed by atoms with Gasteiger partial charge in [-0.2, -0.15) is 0 Å². The van der Waals surface area contributed by atoms with Crippen molar-refractivity contribution in [3.05, 3.63) is 58.6 Å². The van der Waals surface area contributed by atoms with Gasteiger partial charge < -0.3 is 19.7 Å². The minimum absolute atomic E-state index is 0.0878. The monoisotopic (exact) mass is 520 g/mol. The molecule has 0 radical (unpaired) electrons. The van der Waals surface area contributed by atoms with E-state index < -0.39 is 6.04 Å². The normalized spacial score (nSPS) is 18.4. The molecule has 6 nitrogen and oxygen atoms in total. The summed E-state index contributed by atoms with van der Waals surface area (Å²) in [6.45, 7) is 2.47. The van der Waals surface area contributed by atoms with E-state index >= 15 is 0 Å². The molecule has 0 saturated heterocycles. The lowest BCUT2D eigenvalue weighted by molar-refractivity contribution is -0.139. The molecule has 1 N–H and O–H groups in total. The predicted octanol–water partition coefficient (Wildman–Crippen LogP) is 5.40. The van der Waals surface area contributed by atoms with Crippen LogP contribution in [0.15, 0.2) is 42.5 Å². The van der Waals surface area contributed by atoms with Gasteiger partial charge in [-0.3, -0.25) is 9.59 Å². The summed E-state index contributed by atoms with van der Waals surface area (Å²) in [5, 5.41) is 3.79. The molecular weight excluding hydrogens is 487 g/mol. The topological polar surface area (TPSA) is 67.9 Å². The standard InChI is InChI=1S/C27H34Cl2N2O4/c1-18-6-4-5-7-22(18)30-27(33)26(20-9-11-21(29)12-10-20)31(25(32)17-28)15-14-19-8-13-23(34-2)24(16-19)35-3/h8-13,16,18,22,26H,4-7,14-15,17H2,1-3H3,(H,30,33)/t18-,22-,26-/m0/s1. The maximum atomic E-state index is 13.7. The van der Waals surface area contributed by atoms with Crippen LogP contribution in [0.5, 0.6) is 11.5 Å². The molecule has 1 aliphatic rings. The Morgan fingerprint density at radius 3 is 2.37 bits per heavy atom. The molecule has 0 spiro atoms. The smallest absolute Gasteiger partial charge is 0.247 e. The van der Waals surface area contributed by atoms with Crippen LogP contribution in [0.1, 0.15) is 49.8 Å². The van der Waals surface area contributed by atoms with Gasteiger partial charge >= 0.3 is 0 Å². The van der Waals surface area contributed by atoms with Crippen molar-refractivity contribution in [3.8, 4) is 11.5 Å². The molecule has 0 aromatic heterocycles. The fraction of sp³-hybridized carbons (Fsp3) is 0.481. The number of carbonyl (C=O) groups is 2. The molecule has 3 rings (SSSR count). The van der Waals surface area contributed by atoms with E-state index in [2.05, 4.69) is 12.2 Å². The summed E-state index contributed by atoms with van der Waals surface area (Å²) in [6, 6.07) is 12.0. The number of halogens is 2. The molecule has 2 aromatic carbocycles. The minimum atomic E-state index is -0.812. The molecule has 1 aliphatic carbocycles. The summed E-state index contributed by atoms with van der Waals surface area (Å²) in [6.07, 6.45) is 4.80. The Kier molecular flexibility index (Phi) is 10.1. The summed E-state index contributed by atoms with van der Waals surface area (Å²) < 4.78 is 10.7. The van der Waals surface area contributed by atoms with Crippen LogP contribution < -0.4 is 14.8 Å². The number of benzene rings is 2. The zero-order valence-electron chi connectivity index (χ0n) is 20.6. The van der Waals surface area contributed by atoms with E-state index in [0.717, 1.165) is 24.8 Å². The first-order valence-corrected chi connectivity index (χ1v) is 12.9. The highest BCUT2D eigenvalue weighted by atomic mass is 35.5. The van der Waals surface area contributed by atoms with Crippen molar-refractivity contribution in [1.82, 2.24) is 10.2 Å². The van der Waals surface area contributed by atoms with Gasteiger partial charge in [0.15, 0.2) is 11.5 Å². The lowest BCUT2D eigenvalue weighted by Crippen LogP contribution is -2.49. The largest absolute Gasteiger partial charge is 0.493 e. The highest BCUT2D eigenvalue weighted by molar-refractivity contribution is 6.30. The third-order valence-corrected chi connectivity index (χ3v) is 7.19. The second-order valence-electron chi connectivity index (χ2n) is 8.99. The molecule has 8 heteroatoms. The first-order valence-electron chi connectivity index (χ1n) is 12.0. The van der Waals surface area contributed by atoms with Crippen LogP contribution in [0, 0.1) is 5.92 Å². The molecule has 3 atom stereocenters. The van der Waals surface area contributed by atoms with Crippen LogP contribution in [0.25, 0.3) is 0 Å². The van der Waals surface area contributed by atoms with E-state index in [4.69, 9.17) is 32.7 Å². The number of ether oxygens (including phenoxy) is 2. The number of rotatable bonds is 10. The first-order chi connectivity index (χ1) is 16.9. The van der Waals surface area contributed by atoms with Gasteiger partial charge in [0, 0.05) is 17.6 Å². The van der Waals surface area contributed by atoms with Gasteiger partial charge in [-0.25, -0.2) is 0 Å². The maximum absolute atomic E-state index is 13.7. The SMILES string of the molecule is COc1ccc(CCN(C(=O)CCl)[C@H](C(=O)N[C@H]2CCCC[C@@H]2C)c2ccc(Cl)cc2)cc1OC. The Labute approximate surface area is 217 Å². The Hall–Kier alpha value is -2.44. The molecule has 0 bridgehead atoms. The van der Waals surface area contributed by atoms with E-state index in [1.54, 1.807) is 43.4 Å². The van der Waals surface area contributed by atoms with Crippen LogP contribution in [0.2, 0.25) is 5.02 Å². The van der Waals surface area contributed by atoms with Crippen molar-refractivity contribution in [2.45, 2.75) is 51.1 Å². The number of nitrogens with one attached hydrogen (secondary N) is 1. The van der Waals surface area contributed by atoms with Crippen molar-refractivity contribution in [2.75, 3.05) is 26.6 Å². The van der Waals surface area contributed by atoms with Gasteiger partial charge in [-0.15, -0.1) is 11.6 Å². The highest BCUT2D eigenvalue weighted by Gasteiger charge is 2.33. The van der Waals surface area contributed by atoms with Crippen molar-refractivity contribution < 1.29 is 19.1 Å². The van der Waals surface area contributed by atoms with Gasteiger partial charge in [0.05, 0.1) is 14.2 Å². The summed E-state index contributed by atoms with van der Waals surface area (Å²) in [5.41, 5.74) is 1.65. The Morgan fingerprint density at radius 2 is 1.74 bits per heavy atom. The average Bonchev–Trinajstić information content (AvgIpc) is 2.87. The van der Waals surface area contributed by atoms with Gasteiger partial charge in [-0.1, -0.05) is 49.6 Å². The Morgan fingerprint density at radius 1 is 1.06 bits per heavy atom. The molecule has 2 amide bonds. The fourth-order valence-electron chi connectivity index (χ4n) is 4.67. The number of carbonyl (C=O) groups excluding carboxylic acids is 2.